The maximum atomic E-state index is 13.4. The Morgan fingerprint density at radius 1 is 0.923 bits per heavy atom. The van der Waals surface area contributed by atoms with Gasteiger partial charge in [0.1, 0.15) is 5.75 Å². The molecule has 0 aliphatic rings. The number of aryl methyl sites for hydroxylation is 2. The van der Waals surface area contributed by atoms with E-state index in [0.29, 0.717) is 17.1 Å². The molecular formula is C30H32N6O2S. The Balaban J connectivity index is 1.52. The van der Waals surface area contributed by atoms with Gasteiger partial charge in [-0.15, -0.1) is 11.3 Å². The van der Waals surface area contributed by atoms with Crippen LogP contribution in [0, 0.1) is 27.7 Å². The highest BCUT2D eigenvalue weighted by Crippen LogP contribution is 2.22. The van der Waals surface area contributed by atoms with Gasteiger partial charge in [0, 0.05) is 35.1 Å². The summed E-state index contributed by atoms with van der Waals surface area (Å²) in [6, 6.07) is 19.8. The lowest BCUT2D eigenvalue weighted by molar-refractivity contribution is 0.340. The Kier molecular flexibility index (Phi) is 7.26. The van der Waals surface area contributed by atoms with Crippen molar-refractivity contribution in [1.29, 1.82) is 0 Å². The van der Waals surface area contributed by atoms with Crippen LogP contribution in [0.15, 0.2) is 80.9 Å². The summed E-state index contributed by atoms with van der Waals surface area (Å²) in [5.74, 6) is 0.857. The SMILES string of the molecule is CCOc1ccc(-n2c(C)cc(C=Nn3c(C)csc3=Nc3c(C)n(C)n(-c4ccccc4)c3=O)c2C)cc1. The third-order valence-corrected chi connectivity index (χ3v) is 7.70. The zero-order chi connectivity index (χ0) is 27.7. The molecule has 0 spiro atoms. The largest absolute Gasteiger partial charge is 0.494 e. The van der Waals surface area contributed by atoms with E-state index < -0.39 is 0 Å². The molecule has 3 heterocycles. The minimum Gasteiger partial charge on any atom is -0.494 e. The van der Waals surface area contributed by atoms with Gasteiger partial charge in [0.25, 0.3) is 5.56 Å². The maximum absolute atomic E-state index is 13.4. The van der Waals surface area contributed by atoms with E-state index in [9.17, 15) is 4.79 Å². The molecule has 39 heavy (non-hydrogen) atoms. The topological polar surface area (TPSA) is 70.7 Å². The van der Waals surface area contributed by atoms with Crippen molar-refractivity contribution >= 4 is 23.2 Å². The van der Waals surface area contributed by atoms with E-state index >= 15 is 0 Å². The third kappa shape index (κ3) is 4.93. The standard InChI is InChI=1S/C30H32N6O2S/c1-7-38-27-15-13-25(14-16-27)34-20(2)17-24(22(34)4)18-31-35-21(3)19-39-30(35)32-28-23(5)33(6)36(29(28)37)26-11-9-8-10-12-26/h8-19H,7H2,1-6H3. The van der Waals surface area contributed by atoms with Crippen molar-refractivity contribution < 1.29 is 4.74 Å². The second kappa shape index (κ2) is 10.8. The first-order valence-electron chi connectivity index (χ1n) is 12.8. The van der Waals surface area contributed by atoms with E-state index in [0.717, 1.165) is 45.5 Å². The summed E-state index contributed by atoms with van der Waals surface area (Å²) in [5.41, 5.74) is 7.02. The zero-order valence-electron chi connectivity index (χ0n) is 23.0. The van der Waals surface area contributed by atoms with Crippen molar-refractivity contribution in [2.75, 3.05) is 6.61 Å². The molecule has 5 rings (SSSR count). The molecule has 0 atom stereocenters. The van der Waals surface area contributed by atoms with Crippen molar-refractivity contribution in [2.45, 2.75) is 34.6 Å². The van der Waals surface area contributed by atoms with E-state index in [-0.39, 0.29) is 5.56 Å². The number of aromatic nitrogens is 4. The van der Waals surface area contributed by atoms with Gasteiger partial charge in [0.15, 0.2) is 5.69 Å². The molecule has 8 nitrogen and oxygen atoms in total. The molecule has 2 aromatic carbocycles. The van der Waals surface area contributed by atoms with Gasteiger partial charge in [-0.05, 0) is 77.1 Å². The minimum atomic E-state index is -0.165. The molecule has 0 aliphatic carbocycles. The van der Waals surface area contributed by atoms with Gasteiger partial charge in [0.05, 0.1) is 29.9 Å². The van der Waals surface area contributed by atoms with Gasteiger partial charge >= 0.3 is 0 Å². The van der Waals surface area contributed by atoms with Crippen LogP contribution in [-0.2, 0) is 7.05 Å². The fourth-order valence-electron chi connectivity index (χ4n) is 4.68. The van der Waals surface area contributed by atoms with Crippen molar-refractivity contribution in [3.8, 4) is 17.1 Å². The highest BCUT2D eigenvalue weighted by atomic mass is 32.1. The molecule has 0 radical (unpaired) electrons. The van der Waals surface area contributed by atoms with Crippen LogP contribution in [0.5, 0.6) is 5.75 Å². The first-order chi connectivity index (χ1) is 18.8. The molecule has 5 aromatic rings. The number of rotatable bonds is 7. The van der Waals surface area contributed by atoms with E-state index in [1.807, 2.05) is 86.6 Å². The Morgan fingerprint density at radius 3 is 2.33 bits per heavy atom. The molecule has 3 aromatic heterocycles. The summed E-state index contributed by atoms with van der Waals surface area (Å²) in [5, 5.41) is 6.78. The van der Waals surface area contributed by atoms with Crippen molar-refractivity contribution in [1.82, 2.24) is 18.6 Å². The van der Waals surface area contributed by atoms with Gasteiger partial charge < -0.3 is 9.30 Å². The Morgan fingerprint density at radius 2 is 1.64 bits per heavy atom. The number of ether oxygens (including phenoxy) is 1. The quantitative estimate of drug-likeness (QED) is 0.253. The molecule has 0 N–H and O–H groups in total. The van der Waals surface area contributed by atoms with Crippen LogP contribution in [0.4, 0.5) is 5.69 Å². The molecular weight excluding hydrogens is 508 g/mol. The summed E-state index contributed by atoms with van der Waals surface area (Å²) in [4.78, 5) is 18.8. The van der Waals surface area contributed by atoms with Gasteiger partial charge in [-0.3, -0.25) is 9.48 Å². The van der Waals surface area contributed by atoms with Crippen LogP contribution >= 0.6 is 11.3 Å². The van der Waals surface area contributed by atoms with Crippen LogP contribution < -0.4 is 15.1 Å². The average molecular weight is 541 g/mol. The van der Waals surface area contributed by atoms with Crippen molar-refractivity contribution in [3.05, 3.63) is 110 Å². The lowest BCUT2D eigenvalue weighted by Crippen LogP contribution is -2.19. The lowest BCUT2D eigenvalue weighted by Gasteiger charge is -2.11. The van der Waals surface area contributed by atoms with Crippen LogP contribution in [-0.4, -0.2) is 31.4 Å². The summed E-state index contributed by atoms with van der Waals surface area (Å²) < 4.78 is 13.0. The predicted molar refractivity (Wildman–Crippen MR) is 157 cm³/mol. The fourth-order valence-corrected chi connectivity index (χ4v) is 5.49. The monoisotopic (exact) mass is 540 g/mol. The Hall–Kier alpha value is -4.37. The van der Waals surface area contributed by atoms with Gasteiger partial charge in [-0.2, -0.15) is 5.10 Å². The van der Waals surface area contributed by atoms with Gasteiger partial charge in [0.2, 0.25) is 4.80 Å². The second-order valence-corrected chi connectivity index (χ2v) is 10.2. The van der Waals surface area contributed by atoms with Crippen molar-refractivity contribution in [3.63, 3.8) is 0 Å². The number of benzene rings is 2. The smallest absolute Gasteiger partial charge is 0.297 e. The summed E-state index contributed by atoms with van der Waals surface area (Å²) in [6.07, 6.45) is 1.85. The number of para-hydroxylation sites is 1. The average Bonchev–Trinajstić information content (AvgIpc) is 3.50. The van der Waals surface area contributed by atoms with E-state index in [2.05, 4.69) is 36.6 Å². The maximum Gasteiger partial charge on any atom is 0.297 e. The summed E-state index contributed by atoms with van der Waals surface area (Å²) in [7, 11) is 1.87. The second-order valence-electron chi connectivity index (χ2n) is 9.33. The molecule has 200 valence electrons. The van der Waals surface area contributed by atoms with Gasteiger partial charge in [-0.1, -0.05) is 18.2 Å². The normalized spacial score (nSPS) is 12.1. The molecule has 0 saturated carbocycles. The number of hydrogen-bond donors (Lipinski definition) is 0. The number of hydrogen-bond acceptors (Lipinski definition) is 5. The molecule has 9 heteroatoms. The molecule has 0 aliphatic heterocycles. The molecule has 0 amide bonds. The molecule has 0 saturated heterocycles. The highest BCUT2D eigenvalue weighted by Gasteiger charge is 2.16. The molecule has 0 unspecified atom stereocenters. The number of nitrogens with zero attached hydrogens (tertiary/aromatic N) is 6. The zero-order valence-corrected chi connectivity index (χ0v) is 23.9. The predicted octanol–water partition coefficient (Wildman–Crippen LogP) is 5.58. The van der Waals surface area contributed by atoms with Crippen LogP contribution in [0.2, 0.25) is 0 Å². The first kappa shape index (κ1) is 26.2. The van der Waals surface area contributed by atoms with Crippen LogP contribution in [0.1, 0.15) is 35.3 Å². The van der Waals surface area contributed by atoms with Gasteiger partial charge in [-0.25, -0.2) is 14.4 Å². The van der Waals surface area contributed by atoms with Crippen molar-refractivity contribution in [2.24, 2.45) is 17.1 Å². The summed E-state index contributed by atoms with van der Waals surface area (Å²) in [6.45, 7) is 10.7. The first-order valence-corrected chi connectivity index (χ1v) is 13.7. The number of thiazole rings is 1. The third-order valence-electron chi connectivity index (χ3n) is 6.77. The Bertz CT molecular complexity index is 1780. The van der Waals surface area contributed by atoms with Crippen LogP contribution in [0.3, 0.4) is 0 Å². The lowest BCUT2D eigenvalue weighted by atomic mass is 10.2. The minimum absolute atomic E-state index is 0.165. The van der Waals surface area contributed by atoms with E-state index in [4.69, 9.17) is 14.8 Å². The molecule has 0 fully saturated rings. The highest BCUT2D eigenvalue weighted by molar-refractivity contribution is 7.07. The molecule has 0 bridgehead atoms. The van der Waals surface area contributed by atoms with Crippen LogP contribution in [0.25, 0.3) is 11.4 Å². The van der Waals surface area contributed by atoms with E-state index in [1.165, 1.54) is 11.3 Å². The fraction of sp³-hybridized carbons (Fsp3) is 0.233. The van der Waals surface area contributed by atoms with E-state index in [1.54, 1.807) is 9.36 Å². The Labute approximate surface area is 231 Å². The summed E-state index contributed by atoms with van der Waals surface area (Å²) >= 11 is 1.46.